The first-order valence-corrected chi connectivity index (χ1v) is 11.5. The number of sulfonamides is 1. The minimum atomic E-state index is -3.78. The number of para-hydroxylation sites is 1. The molecule has 0 aromatic heterocycles. The predicted octanol–water partition coefficient (Wildman–Crippen LogP) is 2.53. The first-order chi connectivity index (χ1) is 13.4. The average molecular weight is 424 g/mol. The summed E-state index contributed by atoms with van der Waals surface area (Å²) in [6, 6.07) is 10.5. The van der Waals surface area contributed by atoms with Crippen molar-refractivity contribution in [1.29, 1.82) is 0 Å². The van der Waals surface area contributed by atoms with Gasteiger partial charge in [-0.2, -0.15) is 11.8 Å². The Morgan fingerprint density at radius 3 is 2.61 bits per heavy atom. The number of hydrogen-bond acceptors (Lipinski definition) is 5. The predicted molar refractivity (Wildman–Crippen MR) is 110 cm³/mol. The summed E-state index contributed by atoms with van der Waals surface area (Å²) in [5.74, 6) is 0.684. The van der Waals surface area contributed by atoms with Crippen LogP contribution in [0.3, 0.4) is 0 Å². The van der Waals surface area contributed by atoms with Crippen LogP contribution in [-0.2, 0) is 16.6 Å². The van der Waals surface area contributed by atoms with Crippen LogP contribution in [0.25, 0.3) is 0 Å². The van der Waals surface area contributed by atoms with Gasteiger partial charge in [0.2, 0.25) is 10.0 Å². The number of thioether (sulfide) groups is 1. The third-order valence-electron chi connectivity index (χ3n) is 4.52. The van der Waals surface area contributed by atoms with Crippen LogP contribution in [0.2, 0.25) is 0 Å². The molecule has 1 aliphatic rings. The number of rotatable bonds is 6. The summed E-state index contributed by atoms with van der Waals surface area (Å²) in [6.45, 7) is 2.64. The second-order valence-electron chi connectivity index (χ2n) is 6.35. The molecular weight excluding hydrogens is 401 g/mol. The van der Waals surface area contributed by atoms with Gasteiger partial charge in [-0.05, 0) is 36.9 Å². The Kier molecular flexibility index (Phi) is 6.71. The fraction of sp³-hybridized carbons (Fsp3) is 0.316. The molecule has 0 radical (unpaired) electrons. The van der Waals surface area contributed by atoms with Crippen LogP contribution in [0.1, 0.15) is 15.9 Å². The highest BCUT2D eigenvalue weighted by Crippen LogP contribution is 2.22. The molecule has 1 aliphatic heterocycles. The van der Waals surface area contributed by atoms with Gasteiger partial charge >= 0.3 is 0 Å². The highest BCUT2D eigenvalue weighted by Gasteiger charge is 2.20. The van der Waals surface area contributed by atoms with E-state index >= 15 is 0 Å². The van der Waals surface area contributed by atoms with E-state index in [2.05, 4.69) is 14.9 Å². The zero-order valence-electron chi connectivity index (χ0n) is 15.4. The Hall–Kier alpha value is -1.94. The van der Waals surface area contributed by atoms with E-state index in [-0.39, 0.29) is 10.5 Å². The maximum absolute atomic E-state index is 14.2. The smallest absolute Gasteiger partial charge is 0.258 e. The number of carbonyl (C=O) groups excluding carboxylic acids is 1. The lowest BCUT2D eigenvalue weighted by Gasteiger charge is -2.27. The summed E-state index contributed by atoms with van der Waals surface area (Å²) in [5.41, 5.74) is 1.20. The molecule has 2 aromatic rings. The summed E-state index contributed by atoms with van der Waals surface area (Å²) in [4.78, 5) is 14.8. The van der Waals surface area contributed by atoms with Crippen molar-refractivity contribution in [3.63, 3.8) is 0 Å². The van der Waals surface area contributed by atoms with E-state index in [1.54, 1.807) is 12.1 Å². The summed E-state index contributed by atoms with van der Waals surface area (Å²) in [5, 5.41) is 2.73. The van der Waals surface area contributed by atoms with Gasteiger partial charge < -0.3 is 5.32 Å². The standard InChI is InChI=1S/C19H22FN3O3S2/c1-21-28(25,26)15-6-7-17(20)16(12-15)19(24)22-18-5-3-2-4-14(18)13-23-8-10-27-11-9-23/h2-7,12,21H,8-11,13H2,1H3,(H,22,24). The second kappa shape index (κ2) is 9.04. The molecule has 3 rings (SSSR count). The third kappa shape index (κ3) is 4.91. The minimum Gasteiger partial charge on any atom is -0.322 e. The first kappa shape index (κ1) is 20.8. The number of nitrogens with one attached hydrogen (secondary N) is 2. The van der Waals surface area contributed by atoms with E-state index in [1.807, 2.05) is 23.9 Å². The van der Waals surface area contributed by atoms with Crippen molar-refractivity contribution in [3.8, 4) is 0 Å². The van der Waals surface area contributed by atoms with Gasteiger partial charge in [-0.25, -0.2) is 17.5 Å². The van der Waals surface area contributed by atoms with Gasteiger partial charge in [0.25, 0.3) is 5.91 Å². The van der Waals surface area contributed by atoms with Crippen molar-refractivity contribution in [1.82, 2.24) is 9.62 Å². The second-order valence-corrected chi connectivity index (χ2v) is 9.46. The van der Waals surface area contributed by atoms with Crippen LogP contribution in [0, 0.1) is 5.82 Å². The normalized spacial score (nSPS) is 15.4. The van der Waals surface area contributed by atoms with Crippen LogP contribution in [-0.4, -0.2) is 50.9 Å². The topological polar surface area (TPSA) is 78.5 Å². The van der Waals surface area contributed by atoms with Gasteiger partial charge in [0, 0.05) is 36.8 Å². The van der Waals surface area contributed by atoms with Gasteiger partial charge in [0.1, 0.15) is 5.82 Å². The monoisotopic (exact) mass is 423 g/mol. The molecule has 6 nitrogen and oxygen atoms in total. The maximum atomic E-state index is 14.2. The van der Waals surface area contributed by atoms with E-state index in [4.69, 9.17) is 0 Å². The molecule has 0 spiro atoms. The van der Waals surface area contributed by atoms with Crippen molar-refractivity contribution in [2.75, 3.05) is 37.0 Å². The molecule has 9 heteroatoms. The molecule has 2 N–H and O–H groups in total. The van der Waals surface area contributed by atoms with Crippen molar-refractivity contribution in [2.24, 2.45) is 0 Å². The zero-order chi connectivity index (χ0) is 20.1. The lowest BCUT2D eigenvalue weighted by Crippen LogP contribution is -2.32. The number of nitrogens with zero attached hydrogens (tertiary/aromatic N) is 1. The minimum absolute atomic E-state index is 0.166. The molecule has 0 saturated carbocycles. The number of hydrogen-bond donors (Lipinski definition) is 2. The molecule has 1 fully saturated rings. The van der Waals surface area contributed by atoms with Crippen LogP contribution in [0.4, 0.5) is 10.1 Å². The Morgan fingerprint density at radius 1 is 1.18 bits per heavy atom. The number of carbonyl (C=O) groups is 1. The summed E-state index contributed by atoms with van der Waals surface area (Å²) >= 11 is 1.92. The molecular formula is C19H22FN3O3S2. The number of benzene rings is 2. The molecule has 28 heavy (non-hydrogen) atoms. The Labute approximate surface area is 168 Å². The van der Waals surface area contributed by atoms with Gasteiger partial charge in [0.05, 0.1) is 10.5 Å². The SMILES string of the molecule is CNS(=O)(=O)c1ccc(F)c(C(=O)Nc2ccccc2CN2CCSCC2)c1. The van der Waals surface area contributed by atoms with Crippen LogP contribution in [0.15, 0.2) is 47.4 Å². The average Bonchev–Trinajstić information content (AvgIpc) is 2.70. The van der Waals surface area contributed by atoms with Gasteiger partial charge in [-0.1, -0.05) is 18.2 Å². The summed E-state index contributed by atoms with van der Waals surface area (Å²) in [6.07, 6.45) is 0. The first-order valence-electron chi connectivity index (χ1n) is 8.83. The fourth-order valence-electron chi connectivity index (χ4n) is 2.93. The molecule has 0 unspecified atom stereocenters. The molecule has 150 valence electrons. The highest BCUT2D eigenvalue weighted by atomic mass is 32.2. The van der Waals surface area contributed by atoms with Gasteiger partial charge in [0.15, 0.2) is 0 Å². The van der Waals surface area contributed by atoms with E-state index in [9.17, 15) is 17.6 Å². The lowest BCUT2D eigenvalue weighted by atomic mass is 10.1. The van der Waals surface area contributed by atoms with Crippen molar-refractivity contribution in [2.45, 2.75) is 11.4 Å². The van der Waals surface area contributed by atoms with Crippen molar-refractivity contribution >= 4 is 33.4 Å². The molecule has 0 aliphatic carbocycles. The van der Waals surface area contributed by atoms with E-state index in [1.165, 1.54) is 7.05 Å². The number of amides is 1. The van der Waals surface area contributed by atoms with Crippen LogP contribution in [0.5, 0.6) is 0 Å². The molecule has 0 atom stereocenters. The molecule has 0 bridgehead atoms. The van der Waals surface area contributed by atoms with Crippen LogP contribution >= 0.6 is 11.8 Å². The highest BCUT2D eigenvalue weighted by molar-refractivity contribution is 7.99. The molecule has 2 aromatic carbocycles. The lowest BCUT2D eigenvalue weighted by molar-refractivity contribution is 0.102. The number of halogens is 1. The third-order valence-corrected chi connectivity index (χ3v) is 6.88. The van der Waals surface area contributed by atoms with Gasteiger partial charge in [-0.3, -0.25) is 9.69 Å². The number of anilines is 1. The molecule has 1 amide bonds. The Morgan fingerprint density at radius 2 is 1.89 bits per heavy atom. The molecule has 1 saturated heterocycles. The Balaban J connectivity index is 1.83. The van der Waals surface area contributed by atoms with Crippen molar-refractivity contribution in [3.05, 3.63) is 59.4 Å². The Bertz CT molecular complexity index is 961. The largest absolute Gasteiger partial charge is 0.322 e. The van der Waals surface area contributed by atoms with E-state index in [0.29, 0.717) is 12.2 Å². The maximum Gasteiger partial charge on any atom is 0.258 e. The zero-order valence-corrected chi connectivity index (χ0v) is 17.1. The van der Waals surface area contributed by atoms with Crippen LogP contribution < -0.4 is 10.0 Å². The quantitative estimate of drug-likeness (QED) is 0.747. The van der Waals surface area contributed by atoms with Crippen molar-refractivity contribution < 1.29 is 17.6 Å². The summed E-state index contributed by atoms with van der Waals surface area (Å²) < 4.78 is 40.3. The fourth-order valence-corrected chi connectivity index (χ4v) is 4.67. The van der Waals surface area contributed by atoms with Gasteiger partial charge in [-0.15, -0.1) is 0 Å². The van der Waals surface area contributed by atoms with E-state index < -0.39 is 21.7 Å². The van der Waals surface area contributed by atoms with E-state index in [0.717, 1.165) is 48.4 Å². The molecule has 1 heterocycles. The summed E-state index contributed by atoms with van der Waals surface area (Å²) in [7, 11) is -2.52.